The molecule has 0 radical (unpaired) electrons. The van der Waals surface area contributed by atoms with Gasteiger partial charge in [0.15, 0.2) is 11.7 Å². The van der Waals surface area contributed by atoms with Crippen LogP contribution in [-0.4, -0.2) is 87.0 Å². The predicted octanol–water partition coefficient (Wildman–Crippen LogP) is 1.81. The van der Waals surface area contributed by atoms with E-state index in [2.05, 4.69) is 19.4 Å². The Morgan fingerprint density at radius 1 is 1.17 bits per heavy atom. The van der Waals surface area contributed by atoms with Gasteiger partial charge in [-0.3, -0.25) is 9.32 Å². The molecule has 1 aliphatic rings. The molecule has 236 valence electrons. The molecule has 42 heavy (non-hydrogen) atoms. The number of imidazole rings is 1. The predicted molar refractivity (Wildman–Crippen MR) is 136 cm³/mol. The minimum atomic E-state index is -4.95. The summed E-state index contributed by atoms with van der Waals surface area (Å²) in [7, 11) is -4.95. The summed E-state index contributed by atoms with van der Waals surface area (Å²) in [5.41, 5.74) is 2.53. The molecule has 5 N–H and O–H groups in total. The Hall–Kier alpha value is -3.32. The number of nitrogens with zero attached hydrogens (tertiary/aromatic N) is 2. The summed E-state index contributed by atoms with van der Waals surface area (Å²) in [5.74, 6) is -3.36. The number of ether oxygens (including phenoxy) is 5. The highest BCUT2D eigenvalue weighted by Crippen LogP contribution is 2.53. The van der Waals surface area contributed by atoms with Crippen LogP contribution < -0.4 is 11.3 Å². The van der Waals surface area contributed by atoms with E-state index in [4.69, 9.17) is 33.5 Å². The van der Waals surface area contributed by atoms with Crippen LogP contribution in [0.1, 0.15) is 40.8 Å². The number of hydrogen-bond acceptors (Lipinski definition) is 16. The molecule has 0 saturated carbocycles. The molecule has 18 nitrogen and oxygen atoms in total. The first-order valence-corrected chi connectivity index (χ1v) is 13.8. The van der Waals surface area contributed by atoms with Gasteiger partial charge in [0.1, 0.15) is 24.1 Å². The van der Waals surface area contributed by atoms with Crippen molar-refractivity contribution in [3.8, 4) is 0 Å². The van der Waals surface area contributed by atoms with Gasteiger partial charge in [0.2, 0.25) is 13.6 Å². The first kappa shape index (κ1) is 33.2. The summed E-state index contributed by atoms with van der Waals surface area (Å²) >= 11 is 0. The largest absolute Gasteiger partial charge is 0.510 e. The first-order valence-electron chi connectivity index (χ1n) is 12.3. The number of aromatic nitrogens is 3. The van der Waals surface area contributed by atoms with Crippen LogP contribution in [-0.2, 0) is 41.8 Å². The summed E-state index contributed by atoms with van der Waals surface area (Å²) in [4.78, 5) is 41.6. The number of pyridine rings is 1. The lowest BCUT2D eigenvalue weighted by Crippen LogP contribution is -2.49. The molecule has 0 aliphatic carbocycles. The van der Waals surface area contributed by atoms with E-state index >= 15 is 4.39 Å². The monoisotopic (exact) mass is 626 g/mol. The number of H-pyrrole nitrogens is 1. The fourth-order valence-electron chi connectivity index (χ4n) is 3.65. The number of phosphoric ester groups is 1. The third-order valence-corrected chi connectivity index (χ3v) is 6.77. The van der Waals surface area contributed by atoms with E-state index < -0.39 is 81.9 Å². The van der Waals surface area contributed by atoms with Crippen LogP contribution in [0.4, 0.5) is 19.8 Å². The van der Waals surface area contributed by atoms with E-state index in [0.29, 0.717) is 0 Å². The summed E-state index contributed by atoms with van der Waals surface area (Å²) in [6, 6.07) is 1.27. The lowest BCUT2D eigenvalue weighted by Gasteiger charge is -2.28. The van der Waals surface area contributed by atoms with Crippen LogP contribution >= 0.6 is 7.82 Å². The number of nitrogen functional groups attached to an aromatic ring is 1. The minimum Gasteiger partial charge on any atom is -0.432 e. The average molecular weight is 626 g/mol. The smallest absolute Gasteiger partial charge is 0.432 e. The van der Waals surface area contributed by atoms with Crippen molar-refractivity contribution >= 4 is 37.0 Å². The van der Waals surface area contributed by atoms with E-state index in [9.17, 15) is 29.2 Å². The zero-order valence-corrected chi connectivity index (χ0v) is 24.1. The van der Waals surface area contributed by atoms with Gasteiger partial charge in [0, 0.05) is 6.07 Å². The van der Waals surface area contributed by atoms with E-state index in [0.717, 1.165) is 17.8 Å². The summed E-state index contributed by atoms with van der Waals surface area (Å²) in [5, 5.41) is 21.7. The van der Waals surface area contributed by atoms with Gasteiger partial charge in [0.25, 0.3) is 11.4 Å². The fraction of sp³-hybridized carbons (Fsp3) is 0.636. The van der Waals surface area contributed by atoms with Crippen molar-refractivity contribution in [3.05, 3.63) is 22.7 Å². The standard InChI is InChI=1S/C22H32FN4O14P/c1-11(2)39-19(30)34-9-37-42(33,38-10-35-20(31)40-12(3)4)36-7-22(23)17(29)21(5,32)18(41-22)27-8-25-15-13(27)6-14(24)26-16(15)28/h6,8,11-12,17-18,29,32H,7,9-10H2,1-5H3,(H3,24,26,28)/t17-,18+,21+,22+/m0/s1. The molecule has 2 aromatic rings. The number of hydrogen-bond donors (Lipinski definition) is 4. The van der Waals surface area contributed by atoms with Crippen LogP contribution in [0.2, 0.25) is 0 Å². The van der Waals surface area contributed by atoms with Crippen molar-refractivity contribution < 1.29 is 66.0 Å². The number of halogens is 1. The lowest BCUT2D eigenvalue weighted by atomic mass is 9.95. The van der Waals surface area contributed by atoms with Crippen LogP contribution in [0.15, 0.2) is 17.2 Å². The Balaban J connectivity index is 1.77. The van der Waals surface area contributed by atoms with Gasteiger partial charge in [-0.25, -0.2) is 32.6 Å². The number of alkyl halides is 1. The minimum absolute atomic E-state index is 0.0343. The van der Waals surface area contributed by atoms with Crippen molar-refractivity contribution in [2.45, 2.75) is 70.6 Å². The Kier molecular flexibility index (Phi) is 10.2. The molecule has 0 unspecified atom stereocenters. The first-order chi connectivity index (χ1) is 19.5. The van der Waals surface area contributed by atoms with Crippen molar-refractivity contribution in [1.29, 1.82) is 0 Å². The van der Waals surface area contributed by atoms with Crippen LogP contribution in [0.25, 0.3) is 11.0 Å². The molecule has 2 aromatic heterocycles. The molecule has 0 bridgehead atoms. The number of phosphoric acid groups is 1. The number of aliphatic hydroxyl groups excluding tert-OH is 1. The molecule has 20 heteroatoms. The van der Waals surface area contributed by atoms with Crippen LogP contribution in [0, 0.1) is 0 Å². The molecule has 1 fully saturated rings. The van der Waals surface area contributed by atoms with Gasteiger partial charge in [-0.1, -0.05) is 0 Å². The summed E-state index contributed by atoms with van der Waals surface area (Å²) in [6.45, 7) is 3.58. The SMILES string of the molecule is CC(C)OC(=O)OCOP(=O)(OCOC(=O)OC(C)C)OC[C@@]1(F)O[C@@H](n2cnc3c(=O)[nH]c(N)cc32)[C@](C)(O)[C@@H]1O. The number of rotatable bonds is 12. The van der Waals surface area contributed by atoms with Gasteiger partial charge in [-0.2, -0.15) is 0 Å². The summed E-state index contributed by atoms with van der Waals surface area (Å²) in [6.07, 6.45) is -6.56. The number of aliphatic hydroxyl groups is 2. The van der Waals surface area contributed by atoms with Gasteiger partial charge < -0.3 is 49.2 Å². The lowest BCUT2D eigenvalue weighted by molar-refractivity contribution is -0.205. The number of aromatic amines is 1. The zero-order valence-electron chi connectivity index (χ0n) is 23.2. The van der Waals surface area contributed by atoms with E-state index in [1.165, 1.54) is 33.8 Å². The van der Waals surface area contributed by atoms with Crippen LogP contribution in [0.3, 0.4) is 0 Å². The van der Waals surface area contributed by atoms with E-state index in [-0.39, 0.29) is 16.9 Å². The van der Waals surface area contributed by atoms with Gasteiger partial charge >= 0.3 is 20.1 Å². The Morgan fingerprint density at radius 2 is 1.71 bits per heavy atom. The second-order valence-electron chi connectivity index (χ2n) is 9.66. The number of nitrogens with one attached hydrogen (secondary N) is 1. The fourth-order valence-corrected chi connectivity index (χ4v) is 4.57. The van der Waals surface area contributed by atoms with E-state index in [1.807, 2.05) is 0 Å². The highest BCUT2D eigenvalue weighted by atomic mass is 31.2. The highest BCUT2D eigenvalue weighted by molar-refractivity contribution is 7.48. The van der Waals surface area contributed by atoms with Crippen LogP contribution in [0.5, 0.6) is 0 Å². The molecule has 0 amide bonds. The molecule has 3 rings (SSSR count). The van der Waals surface area contributed by atoms with Gasteiger partial charge in [0.05, 0.1) is 24.1 Å². The normalized spacial score (nSPS) is 24.3. The molecule has 1 aliphatic heterocycles. The third kappa shape index (κ3) is 7.74. The molecule has 1 saturated heterocycles. The highest BCUT2D eigenvalue weighted by Gasteiger charge is 2.63. The third-order valence-electron chi connectivity index (χ3n) is 5.48. The average Bonchev–Trinajstić information content (AvgIpc) is 3.35. The Morgan fingerprint density at radius 3 is 2.24 bits per heavy atom. The number of carbonyl (C=O) groups is 2. The maximum atomic E-state index is 16.0. The number of fused-ring (bicyclic) bond motifs is 1. The van der Waals surface area contributed by atoms with Crippen molar-refractivity contribution in [1.82, 2.24) is 14.5 Å². The molecular formula is C22H32FN4O14P. The van der Waals surface area contributed by atoms with Crippen molar-refractivity contribution in [2.24, 2.45) is 0 Å². The molecule has 0 aromatic carbocycles. The zero-order chi connectivity index (χ0) is 31.5. The number of carbonyl (C=O) groups excluding carboxylic acids is 2. The summed E-state index contributed by atoms with van der Waals surface area (Å²) < 4.78 is 68.8. The Labute approximate surface area is 237 Å². The Bertz CT molecular complexity index is 1350. The van der Waals surface area contributed by atoms with Crippen molar-refractivity contribution in [2.75, 3.05) is 25.9 Å². The molecule has 0 spiro atoms. The van der Waals surface area contributed by atoms with Crippen molar-refractivity contribution in [3.63, 3.8) is 0 Å². The molecule has 4 atom stereocenters. The maximum Gasteiger partial charge on any atom is 0.510 e. The topological polar surface area (TPSA) is 242 Å². The number of anilines is 1. The van der Waals surface area contributed by atoms with Gasteiger partial charge in [-0.05, 0) is 34.6 Å². The second-order valence-corrected chi connectivity index (χ2v) is 11.3. The number of nitrogens with two attached hydrogens (primary N) is 1. The van der Waals surface area contributed by atoms with E-state index in [1.54, 1.807) is 0 Å². The second kappa shape index (κ2) is 12.9. The van der Waals surface area contributed by atoms with Gasteiger partial charge in [-0.15, -0.1) is 0 Å². The maximum absolute atomic E-state index is 16.0. The quantitative estimate of drug-likeness (QED) is 0.149. The molecular weight excluding hydrogens is 594 g/mol. The molecule has 3 heterocycles.